The van der Waals surface area contributed by atoms with Gasteiger partial charge in [0.15, 0.2) is 0 Å². The molecule has 0 aromatic heterocycles. The maximum atomic E-state index is 9.53. The van der Waals surface area contributed by atoms with Crippen LogP contribution in [0.4, 0.5) is 0 Å². The van der Waals surface area contributed by atoms with Gasteiger partial charge in [0, 0.05) is 0 Å². The van der Waals surface area contributed by atoms with E-state index < -0.39 is 6.10 Å². The summed E-state index contributed by atoms with van der Waals surface area (Å²) in [5, 5.41) is 9.53. The molecule has 0 radical (unpaired) electrons. The average Bonchev–Trinajstić information content (AvgIpc) is 1.41. The number of rotatable bonds is 0. The standard InChI is InChI=1S/C3H7O.C2H5.Zn/c1-3(2)4;1-2;/h3H,1-2H3;1H2,2H3;/q2*-1;+2. The van der Waals surface area contributed by atoms with E-state index in [-0.39, 0.29) is 19.5 Å². The average molecular weight is 154 g/mol. The van der Waals surface area contributed by atoms with Crippen LogP contribution in [0.3, 0.4) is 0 Å². The molecule has 0 amide bonds. The fourth-order valence-corrected chi connectivity index (χ4v) is 0. The van der Waals surface area contributed by atoms with Crippen molar-refractivity contribution >= 4 is 0 Å². The largest absolute Gasteiger partial charge is 2.00 e. The molecule has 0 bridgehead atoms. The molecule has 0 spiro atoms. The molecule has 0 aromatic rings. The molecule has 0 saturated carbocycles. The van der Waals surface area contributed by atoms with Gasteiger partial charge < -0.3 is 12.0 Å². The van der Waals surface area contributed by atoms with E-state index in [2.05, 4.69) is 6.92 Å². The van der Waals surface area contributed by atoms with Gasteiger partial charge >= 0.3 is 19.5 Å². The summed E-state index contributed by atoms with van der Waals surface area (Å²) >= 11 is 0. The molecule has 40 valence electrons. The van der Waals surface area contributed by atoms with Crippen molar-refractivity contribution in [2.75, 3.05) is 0 Å². The van der Waals surface area contributed by atoms with E-state index in [1.165, 1.54) is 0 Å². The van der Waals surface area contributed by atoms with Crippen molar-refractivity contribution in [1.29, 1.82) is 0 Å². The molecule has 0 aliphatic rings. The number of hydrogen-bond acceptors (Lipinski definition) is 1. The van der Waals surface area contributed by atoms with Crippen LogP contribution in [0.25, 0.3) is 0 Å². The van der Waals surface area contributed by atoms with Crippen LogP contribution >= 0.6 is 0 Å². The Morgan fingerprint density at radius 2 is 1.29 bits per heavy atom. The van der Waals surface area contributed by atoms with Crippen LogP contribution in [0.15, 0.2) is 0 Å². The molecule has 0 unspecified atom stereocenters. The molecule has 0 aliphatic heterocycles. The minimum Gasteiger partial charge on any atom is -0.852 e. The minimum atomic E-state index is -0.417. The second-order valence-electron chi connectivity index (χ2n) is 1.05. The van der Waals surface area contributed by atoms with Crippen LogP contribution in [0.1, 0.15) is 20.8 Å². The molecule has 0 aliphatic carbocycles. The Balaban J connectivity index is -0.0000000480. The SMILES string of the molecule is CC(C)[O-].[CH2-]C.[Zn+2]. The van der Waals surface area contributed by atoms with E-state index in [0.29, 0.717) is 0 Å². The maximum Gasteiger partial charge on any atom is 2.00 e. The Hall–Kier alpha value is 0.583. The molecule has 0 rings (SSSR count). The van der Waals surface area contributed by atoms with Crippen molar-refractivity contribution in [3.8, 4) is 0 Å². The normalized spacial score (nSPS) is 6.00. The van der Waals surface area contributed by atoms with E-state index in [4.69, 9.17) is 0 Å². The molecular formula is C5H12OZn. The van der Waals surface area contributed by atoms with Gasteiger partial charge in [-0.3, -0.25) is 0 Å². The van der Waals surface area contributed by atoms with E-state index in [0.717, 1.165) is 0 Å². The first kappa shape index (κ1) is 15.6. The second kappa shape index (κ2) is 16.0. The van der Waals surface area contributed by atoms with Crippen molar-refractivity contribution in [3.05, 3.63) is 6.92 Å². The van der Waals surface area contributed by atoms with Gasteiger partial charge in [-0.1, -0.05) is 13.8 Å². The molecule has 0 heterocycles. The monoisotopic (exact) mass is 152 g/mol. The van der Waals surface area contributed by atoms with Crippen LogP contribution in [0, 0.1) is 6.92 Å². The first-order chi connectivity index (χ1) is 2.73. The Bertz CT molecular complexity index is 12.8. The second-order valence-corrected chi connectivity index (χ2v) is 1.05. The van der Waals surface area contributed by atoms with Crippen molar-refractivity contribution in [1.82, 2.24) is 0 Å². The molecule has 2 heteroatoms. The first-order valence-corrected chi connectivity index (χ1v) is 2.10. The van der Waals surface area contributed by atoms with E-state index in [9.17, 15) is 5.11 Å². The van der Waals surface area contributed by atoms with Gasteiger partial charge in [-0.15, -0.1) is 6.10 Å². The van der Waals surface area contributed by atoms with Crippen LogP contribution in [-0.2, 0) is 19.5 Å². The fourth-order valence-electron chi connectivity index (χ4n) is 0. The summed E-state index contributed by atoms with van der Waals surface area (Å²) in [5.41, 5.74) is 0. The van der Waals surface area contributed by atoms with Crippen molar-refractivity contribution < 1.29 is 24.6 Å². The van der Waals surface area contributed by atoms with Crippen LogP contribution in [-0.4, -0.2) is 6.10 Å². The minimum absolute atomic E-state index is 0. The van der Waals surface area contributed by atoms with Crippen LogP contribution in [0.2, 0.25) is 0 Å². The molecule has 0 aromatic carbocycles. The molecule has 1 nitrogen and oxygen atoms in total. The molecule has 0 fully saturated rings. The van der Waals surface area contributed by atoms with Gasteiger partial charge in [-0.25, -0.2) is 0 Å². The molecule has 0 atom stereocenters. The van der Waals surface area contributed by atoms with E-state index in [1.54, 1.807) is 20.8 Å². The van der Waals surface area contributed by atoms with Gasteiger partial charge in [0.25, 0.3) is 0 Å². The predicted molar refractivity (Wildman–Crippen MR) is 26.2 cm³/mol. The molecular weight excluding hydrogens is 141 g/mol. The predicted octanol–water partition coefficient (Wildman–Crippen LogP) is 0.593. The topological polar surface area (TPSA) is 23.1 Å². The van der Waals surface area contributed by atoms with Gasteiger partial charge in [0.05, 0.1) is 0 Å². The van der Waals surface area contributed by atoms with Crippen LogP contribution < -0.4 is 5.11 Å². The van der Waals surface area contributed by atoms with Gasteiger partial charge in [0.1, 0.15) is 0 Å². The molecule has 0 saturated heterocycles. The van der Waals surface area contributed by atoms with Gasteiger partial charge in [-0.2, -0.15) is 6.92 Å². The van der Waals surface area contributed by atoms with E-state index >= 15 is 0 Å². The van der Waals surface area contributed by atoms with Crippen molar-refractivity contribution in [2.24, 2.45) is 0 Å². The summed E-state index contributed by atoms with van der Waals surface area (Å²) in [4.78, 5) is 0. The molecule has 0 N–H and O–H groups in total. The summed E-state index contributed by atoms with van der Waals surface area (Å²) in [7, 11) is 0. The van der Waals surface area contributed by atoms with Crippen molar-refractivity contribution in [3.63, 3.8) is 0 Å². The summed E-state index contributed by atoms with van der Waals surface area (Å²) in [6.07, 6.45) is -0.417. The third-order valence-corrected chi connectivity index (χ3v) is 0. The summed E-state index contributed by atoms with van der Waals surface area (Å²) in [5.74, 6) is 0. The zero-order valence-electron chi connectivity index (χ0n) is 5.40. The maximum absolute atomic E-state index is 9.53. The fraction of sp³-hybridized carbons (Fsp3) is 0.800. The van der Waals surface area contributed by atoms with Gasteiger partial charge in [-0.05, 0) is 0 Å². The van der Waals surface area contributed by atoms with Crippen LogP contribution in [0.5, 0.6) is 0 Å². The summed E-state index contributed by atoms with van der Waals surface area (Å²) < 4.78 is 0. The Labute approximate surface area is 58.9 Å². The Morgan fingerprint density at radius 1 is 1.29 bits per heavy atom. The number of hydrogen-bond donors (Lipinski definition) is 0. The van der Waals surface area contributed by atoms with E-state index in [1.807, 2.05) is 0 Å². The zero-order valence-corrected chi connectivity index (χ0v) is 8.37. The first-order valence-electron chi connectivity index (χ1n) is 2.10. The smallest absolute Gasteiger partial charge is 0.852 e. The Kier molecular flexibility index (Phi) is 35.7. The third-order valence-electron chi connectivity index (χ3n) is 0. The summed E-state index contributed by atoms with van der Waals surface area (Å²) in [6, 6.07) is 0. The molecule has 7 heavy (non-hydrogen) atoms. The van der Waals surface area contributed by atoms with Gasteiger partial charge in [0.2, 0.25) is 0 Å². The Morgan fingerprint density at radius 3 is 1.29 bits per heavy atom. The quantitative estimate of drug-likeness (QED) is 0.369. The van der Waals surface area contributed by atoms with Crippen molar-refractivity contribution in [2.45, 2.75) is 26.9 Å². The third kappa shape index (κ3) is 406. The summed E-state index contributed by atoms with van der Waals surface area (Å²) in [6.45, 7) is 8.22. The zero-order chi connectivity index (χ0) is 5.58.